The summed E-state index contributed by atoms with van der Waals surface area (Å²) >= 11 is 4.90. The van der Waals surface area contributed by atoms with Gasteiger partial charge in [-0.2, -0.15) is 16.3 Å². The average Bonchev–Trinajstić information content (AvgIpc) is 3.40. The Hall–Kier alpha value is -3.26. The molecule has 1 aromatic heterocycles. The summed E-state index contributed by atoms with van der Waals surface area (Å²) in [6.07, 6.45) is 0. The van der Waals surface area contributed by atoms with E-state index < -0.39 is 17.9 Å². The third-order valence-electron chi connectivity index (χ3n) is 7.00. The Kier molecular flexibility index (Phi) is 14.0. The molecule has 0 aliphatic carbocycles. The van der Waals surface area contributed by atoms with Crippen LogP contribution < -0.4 is 4.98 Å². The number of aromatic nitrogens is 1. The van der Waals surface area contributed by atoms with Gasteiger partial charge in [0.1, 0.15) is 0 Å². The number of hydrogen-bond donors (Lipinski definition) is 0. The molecule has 0 saturated heterocycles. The molecule has 236 valence electrons. The van der Waals surface area contributed by atoms with E-state index >= 15 is 0 Å². The van der Waals surface area contributed by atoms with Crippen LogP contribution in [0.5, 0.6) is 0 Å². The quantitative estimate of drug-likeness (QED) is 0.166. The van der Waals surface area contributed by atoms with Crippen molar-refractivity contribution in [3.8, 4) is 22.3 Å². The minimum atomic E-state index is -0.757. The summed E-state index contributed by atoms with van der Waals surface area (Å²) in [5, 5.41) is 0. The maximum absolute atomic E-state index is 5.66. The molecule has 0 spiro atoms. The minimum Gasteiger partial charge on any atom is -0.779 e. The Morgan fingerprint density at radius 3 is 1.40 bits per heavy atom. The molecule has 4 aromatic carbocycles. The van der Waals surface area contributed by atoms with Gasteiger partial charge >= 0.3 is 127 Å². The molecule has 1 heterocycles. The molecule has 0 amide bonds. The van der Waals surface area contributed by atoms with Crippen LogP contribution in [0.15, 0.2) is 118 Å². The zero-order chi connectivity index (χ0) is 33.0. The SMILES string of the molecule is CC(C)c1cccc(C(C)C)c1[N]=[W]=[CH]C(C)(C)C.Cc1ccc(C)[n-]1.[S-]c1c(-c2ccccc2)cccc1-c1ccccc1. The molecule has 5 aromatic rings. The van der Waals surface area contributed by atoms with Crippen molar-refractivity contribution in [2.75, 3.05) is 0 Å². The van der Waals surface area contributed by atoms with Gasteiger partial charge in [-0.1, -0.05) is 105 Å². The standard InChI is InChI=1S/C18H14S.C12H17N.C6H8N.C5H10.W/c19-18-16(14-8-3-1-4-9-14)12-7-13-17(18)15-10-5-2-6-11-15;1-8(2)10-6-5-7-11(9(3)4)12(10)13;1-5-3-4-6(2)7-5;1-5(2,3)4;/h1-13,19H;5-9H,1-4H3;3-4H,1-2H3;1H,2-4H3;/q;;-1;;/p-1. The van der Waals surface area contributed by atoms with Crippen molar-refractivity contribution in [2.45, 2.75) is 79.0 Å². The number of rotatable bonds is 5. The molecule has 0 radical (unpaired) electrons. The van der Waals surface area contributed by atoms with Gasteiger partial charge in [-0.3, -0.25) is 0 Å². The van der Waals surface area contributed by atoms with Crippen LogP contribution in [0.25, 0.3) is 22.3 Å². The van der Waals surface area contributed by atoms with Crippen LogP contribution >= 0.6 is 0 Å². The van der Waals surface area contributed by atoms with Gasteiger partial charge in [0, 0.05) is 0 Å². The minimum absolute atomic E-state index is 0.304. The predicted octanol–water partition coefficient (Wildman–Crippen LogP) is 11.9. The first kappa shape index (κ1) is 36.2. The second kappa shape index (κ2) is 17.4. The van der Waals surface area contributed by atoms with Crippen molar-refractivity contribution in [1.29, 1.82) is 0 Å². The van der Waals surface area contributed by atoms with Gasteiger partial charge in [0.05, 0.1) is 0 Å². The zero-order valence-electron chi connectivity index (χ0n) is 28.3. The van der Waals surface area contributed by atoms with E-state index in [1.807, 2.05) is 62.4 Å². The molecular formula is C41H48N2SW-2. The van der Waals surface area contributed by atoms with Gasteiger partial charge < -0.3 is 17.6 Å². The number of hydrogen-bond acceptors (Lipinski definition) is 2. The second-order valence-corrected chi connectivity index (χ2v) is 15.6. The first-order valence-electron chi connectivity index (χ1n) is 15.7. The molecule has 2 nitrogen and oxygen atoms in total. The van der Waals surface area contributed by atoms with Crippen molar-refractivity contribution < 1.29 is 17.9 Å². The summed E-state index contributed by atoms with van der Waals surface area (Å²) in [6, 6.07) is 37.5. The van der Waals surface area contributed by atoms with Gasteiger partial charge in [0.2, 0.25) is 0 Å². The van der Waals surface area contributed by atoms with E-state index in [-0.39, 0.29) is 0 Å². The Morgan fingerprint density at radius 1 is 0.622 bits per heavy atom. The Balaban J connectivity index is 0.000000202. The predicted molar refractivity (Wildman–Crippen MR) is 194 cm³/mol. The fourth-order valence-electron chi connectivity index (χ4n) is 4.68. The van der Waals surface area contributed by atoms with Crippen LogP contribution in [0.1, 0.15) is 82.8 Å². The van der Waals surface area contributed by atoms with Crippen molar-refractivity contribution in [3.05, 3.63) is 132 Å². The van der Waals surface area contributed by atoms with Crippen LogP contribution in [0.2, 0.25) is 0 Å². The molecule has 0 bridgehead atoms. The molecule has 0 aliphatic rings. The van der Waals surface area contributed by atoms with Gasteiger partial charge in [-0.05, 0) is 22.3 Å². The fourth-order valence-corrected chi connectivity index (χ4v) is 7.51. The maximum Gasteiger partial charge on any atom is -0.0199 e. The van der Waals surface area contributed by atoms with Gasteiger partial charge in [-0.15, -0.1) is 0 Å². The average molecular weight is 785 g/mol. The van der Waals surface area contributed by atoms with E-state index in [9.17, 15) is 0 Å². The van der Waals surface area contributed by atoms with E-state index in [2.05, 4.69) is 119 Å². The van der Waals surface area contributed by atoms with Gasteiger partial charge in [0.25, 0.3) is 0 Å². The molecule has 0 N–H and O–H groups in total. The molecule has 0 atom stereocenters. The topological polar surface area (TPSA) is 26.5 Å². The normalized spacial score (nSPS) is 10.8. The van der Waals surface area contributed by atoms with E-state index in [0.717, 1.165) is 27.4 Å². The van der Waals surface area contributed by atoms with E-state index in [1.54, 1.807) is 0 Å². The summed E-state index contributed by atoms with van der Waals surface area (Å²) in [6.45, 7) is 19.8. The smallest absolute Gasteiger partial charge is 0.0199 e. The summed E-state index contributed by atoms with van der Waals surface area (Å²) in [7, 11) is 0. The fraction of sp³-hybridized carbons (Fsp3) is 0.293. The van der Waals surface area contributed by atoms with E-state index in [1.165, 1.54) is 27.9 Å². The van der Waals surface area contributed by atoms with E-state index in [4.69, 9.17) is 16.1 Å². The van der Waals surface area contributed by atoms with Gasteiger partial charge in [0.15, 0.2) is 0 Å². The molecule has 0 saturated carbocycles. The number of nitrogens with zero attached hydrogens (tertiary/aromatic N) is 2. The summed E-state index contributed by atoms with van der Waals surface area (Å²) in [5.74, 6) is 1.09. The van der Waals surface area contributed by atoms with Crippen molar-refractivity contribution in [3.63, 3.8) is 0 Å². The van der Waals surface area contributed by atoms with Crippen molar-refractivity contribution >= 4 is 22.7 Å². The third kappa shape index (κ3) is 11.6. The monoisotopic (exact) mass is 784 g/mol. The third-order valence-corrected chi connectivity index (χ3v) is 11.4. The summed E-state index contributed by atoms with van der Waals surface area (Å²) in [4.78, 5) is 5.03. The molecule has 0 fully saturated rings. The van der Waals surface area contributed by atoms with Gasteiger partial charge in [-0.25, -0.2) is 0 Å². The number of aryl methyl sites for hydroxylation is 2. The Labute approximate surface area is 286 Å². The molecule has 45 heavy (non-hydrogen) atoms. The molecule has 5 rings (SSSR count). The molecule has 0 unspecified atom stereocenters. The maximum atomic E-state index is 5.66. The first-order chi connectivity index (χ1) is 21.4. The van der Waals surface area contributed by atoms with E-state index in [0.29, 0.717) is 17.3 Å². The molecular weight excluding hydrogens is 736 g/mol. The zero-order valence-corrected chi connectivity index (χ0v) is 32.1. The Morgan fingerprint density at radius 2 is 1.04 bits per heavy atom. The largest absolute Gasteiger partial charge is 0.779 e. The Bertz CT molecular complexity index is 1590. The number of benzene rings is 4. The summed E-state index contributed by atoms with van der Waals surface area (Å²) < 4.78 is 7.50. The first-order valence-corrected chi connectivity index (χ1v) is 19.1. The molecule has 4 heteroatoms. The van der Waals surface area contributed by atoms with Crippen molar-refractivity contribution in [1.82, 2.24) is 4.98 Å². The van der Waals surface area contributed by atoms with Crippen LogP contribution in [-0.4, -0.2) is 4.40 Å². The summed E-state index contributed by atoms with van der Waals surface area (Å²) in [5.41, 5.74) is 11.2. The van der Waals surface area contributed by atoms with Crippen molar-refractivity contribution in [2.24, 2.45) is 8.91 Å². The molecule has 0 aliphatic heterocycles. The second-order valence-electron chi connectivity index (χ2n) is 12.9. The van der Waals surface area contributed by atoms with Crippen LogP contribution in [0.3, 0.4) is 0 Å². The van der Waals surface area contributed by atoms with Crippen LogP contribution in [-0.2, 0) is 30.5 Å². The van der Waals surface area contributed by atoms with Crippen LogP contribution in [0.4, 0.5) is 5.69 Å². The van der Waals surface area contributed by atoms with Crippen LogP contribution in [0, 0.1) is 19.3 Å².